The van der Waals surface area contributed by atoms with Crippen molar-refractivity contribution in [2.45, 2.75) is 6.92 Å². The van der Waals surface area contributed by atoms with Crippen LogP contribution in [0.3, 0.4) is 0 Å². The molecule has 3 aromatic carbocycles. The number of anilines is 1. The van der Waals surface area contributed by atoms with Crippen LogP contribution in [0, 0.1) is 5.82 Å². The molecule has 0 radical (unpaired) electrons. The number of carbonyl (C=O) groups is 4. The van der Waals surface area contributed by atoms with Gasteiger partial charge in [0.25, 0.3) is 17.0 Å². The fourth-order valence-corrected chi connectivity index (χ4v) is 5.24. The molecular weight excluding hydrogens is 622 g/mol. The quantitative estimate of drug-likeness (QED) is 0.127. The SMILES string of the molecule is CCOC(=O)c1cc(NC(=O)CN2C(=O)S/C(=C/c3c(Oc4nc(Cl)ncc4F)ccc4ccccc34)C2=O)ccc1Cl. The molecule has 0 aliphatic carbocycles. The summed E-state index contributed by atoms with van der Waals surface area (Å²) in [6.07, 6.45) is 2.30. The van der Waals surface area contributed by atoms with E-state index >= 15 is 0 Å². The zero-order chi connectivity index (χ0) is 30.7. The van der Waals surface area contributed by atoms with Crippen molar-refractivity contribution in [2.75, 3.05) is 18.5 Å². The van der Waals surface area contributed by atoms with Crippen LogP contribution in [0.5, 0.6) is 11.6 Å². The molecule has 0 bridgehead atoms. The highest BCUT2D eigenvalue weighted by atomic mass is 35.5. The zero-order valence-electron chi connectivity index (χ0n) is 22.1. The first-order chi connectivity index (χ1) is 20.6. The second-order valence-electron chi connectivity index (χ2n) is 8.82. The number of carbonyl (C=O) groups excluding carboxylic acids is 4. The van der Waals surface area contributed by atoms with E-state index in [0.29, 0.717) is 22.7 Å². The number of nitrogens with zero attached hydrogens (tertiary/aromatic N) is 3. The van der Waals surface area contributed by atoms with Crippen molar-refractivity contribution < 1.29 is 33.0 Å². The van der Waals surface area contributed by atoms with E-state index in [-0.39, 0.29) is 38.8 Å². The normalized spacial score (nSPS) is 14.0. The van der Waals surface area contributed by atoms with Crippen molar-refractivity contribution in [3.8, 4) is 11.6 Å². The molecule has 0 saturated carbocycles. The fraction of sp³-hybridized carbons (Fsp3) is 0.103. The number of fused-ring (bicyclic) bond motifs is 1. The van der Waals surface area contributed by atoms with E-state index in [1.54, 1.807) is 31.2 Å². The Balaban J connectivity index is 1.40. The predicted octanol–water partition coefficient (Wildman–Crippen LogP) is 6.72. The van der Waals surface area contributed by atoms with Gasteiger partial charge in [0.1, 0.15) is 12.3 Å². The number of benzene rings is 3. The standard InChI is InChI=1S/C29H19Cl2FN4O6S/c1-2-41-27(39)19-11-16(8-9-20(19)30)34-24(37)14-36-26(38)23(43-29(36)40)12-18-17-6-4-3-5-15(17)7-10-22(18)42-25-21(32)13-33-28(31)35-25/h3-13H,2,14H2,1H3,(H,34,37)/b23-12+. The molecule has 5 rings (SSSR count). The number of amides is 3. The summed E-state index contributed by atoms with van der Waals surface area (Å²) in [5.74, 6) is -3.22. The van der Waals surface area contributed by atoms with E-state index < -0.39 is 41.3 Å². The molecule has 4 aromatic rings. The van der Waals surface area contributed by atoms with Crippen LogP contribution in [0.15, 0.2) is 65.7 Å². The summed E-state index contributed by atoms with van der Waals surface area (Å²) >= 11 is 12.5. The van der Waals surface area contributed by atoms with Gasteiger partial charge in [0, 0.05) is 11.3 Å². The monoisotopic (exact) mass is 640 g/mol. The summed E-state index contributed by atoms with van der Waals surface area (Å²) in [5, 5.41) is 3.21. The van der Waals surface area contributed by atoms with Crippen LogP contribution >= 0.6 is 35.0 Å². The lowest BCUT2D eigenvalue weighted by Crippen LogP contribution is -2.36. The summed E-state index contributed by atoms with van der Waals surface area (Å²) in [7, 11) is 0. The topological polar surface area (TPSA) is 128 Å². The number of imide groups is 1. The van der Waals surface area contributed by atoms with Crippen LogP contribution in [0.25, 0.3) is 16.8 Å². The molecule has 43 heavy (non-hydrogen) atoms. The molecule has 10 nitrogen and oxygen atoms in total. The molecule has 0 unspecified atom stereocenters. The molecule has 0 spiro atoms. The summed E-state index contributed by atoms with van der Waals surface area (Å²) in [5.41, 5.74) is 0.636. The van der Waals surface area contributed by atoms with Crippen LogP contribution in [0.4, 0.5) is 14.9 Å². The third kappa shape index (κ3) is 6.61. The van der Waals surface area contributed by atoms with Gasteiger partial charge < -0.3 is 14.8 Å². The third-order valence-electron chi connectivity index (χ3n) is 6.02. The number of halogens is 3. The lowest BCUT2D eigenvalue weighted by molar-refractivity contribution is -0.127. The van der Waals surface area contributed by atoms with E-state index in [2.05, 4.69) is 15.3 Å². The predicted molar refractivity (Wildman–Crippen MR) is 160 cm³/mol. The molecular formula is C29H19Cl2FN4O6S. The van der Waals surface area contributed by atoms with Crippen molar-refractivity contribution in [3.05, 3.63) is 92.9 Å². The maximum Gasteiger partial charge on any atom is 0.339 e. The molecule has 1 aliphatic heterocycles. The lowest BCUT2D eigenvalue weighted by Gasteiger charge is -2.14. The number of thioether (sulfide) groups is 1. The van der Waals surface area contributed by atoms with Crippen molar-refractivity contribution >= 4 is 80.5 Å². The highest BCUT2D eigenvalue weighted by molar-refractivity contribution is 8.18. The van der Waals surface area contributed by atoms with Crippen molar-refractivity contribution in [2.24, 2.45) is 0 Å². The van der Waals surface area contributed by atoms with Gasteiger partial charge >= 0.3 is 5.97 Å². The second kappa shape index (κ2) is 12.8. The van der Waals surface area contributed by atoms with Crippen LogP contribution in [-0.2, 0) is 14.3 Å². The second-order valence-corrected chi connectivity index (χ2v) is 10.6. The van der Waals surface area contributed by atoms with Gasteiger partial charge in [0.2, 0.25) is 17.0 Å². The van der Waals surface area contributed by atoms with Crippen LogP contribution < -0.4 is 10.1 Å². The fourth-order valence-electron chi connectivity index (χ4n) is 4.10. The van der Waals surface area contributed by atoms with Gasteiger partial charge in [0.15, 0.2) is 0 Å². The van der Waals surface area contributed by atoms with E-state index in [9.17, 15) is 23.6 Å². The Morgan fingerprint density at radius 3 is 2.70 bits per heavy atom. The van der Waals surface area contributed by atoms with E-state index in [4.69, 9.17) is 32.7 Å². The summed E-state index contributed by atoms with van der Waals surface area (Å²) in [6.45, 7) is 1.18. The number of esters is 1. The molecule has 1 saturated heterocycles. The average Bonchev–Trinajstić information content (AvgIpc) is 3.24. The minimum absolute atomic E-state index is 0.0104. The Labute approximate surface area is 257 Å². The molecule has 1 aromatic heterocycles. The average molecular weight is 641 g/mol. The van der Waals surface area contributed by atoms with Gasteiger partial charge in [0.05, 0.1) is 28.3 Å². The molecule has 3 amide bonds. The number of aromatic nitrogens is 2. The molecule has 0 atom stereocenters. The van der Waals surface area contributed by atoms with Crippen molar-refractivity contribution in [1.82, 2.24) is 14.9 Å². The van der Waals surface area contributed by atoms with Crippen molar-refractivity contribution in [1.29, 1.82) is 0 Å². The summed E-state index contributed by atoms with van der Waals surface area (Å²) in [4.78, 5) is 59.2. The van der Waals surface area contributed by atoms with Gasteiger partial charge in [-0.3, -0.25) is 19.3 Å². The first kappa shape index (κ1) is 30.0. The van der Waals surface area contributed by atoms with Crippen LogP contribution in [-0.4, -0.2) is 51.0 Å². The first-order valence-corrected chi connectivity index (χ1v) is 14.1. The highest BCUT2D eigenvalue weighted by Gasteiger charge is 2.36. The third-order valence-corrected chi connectivity index (χ3v) is 7.44. The Kier molecular flexibility index (Phi) is 8.90. The van der Waals surface area contributed by atoms with Crippen LogP contribution in [0.2, 0.25) is 10.3 Å². The molecule has 2 heterocycles. The smallest absolute Gasteiger partial charge is 0.339 e. The van der Waals surface area contributed by atoms with E-state index in [1.165, 1.54) is 24.3 Å². The van der Waals surface area contributed by atoms with E-state index in [0.717, 1.165) is 16.5 Å². The Hall–Kier alpha value is -4.52. The summed E-state index contributed by atoms with van der Waals surface area (Å²) < 4.78 is 25.1. The first-order valence-electron chi connectivity index (χ1n) is 12.5. The lowest BCUT2D eigenvalue weighted by atomic mass is 10.0. The number of hydrogen-bond acceptors (Lipinski definition) is 9. The number of nitrogens with one attached hydrogen (secondary N) is 1. The summed E-state index contributed by atoms with van der Waals surface area (Å²) in [6, 6.07) is 14.7. The Bertz CT molecular complexity index is 1840. The van der Waals surface area contributed by atoms with Gasteiger partial charge in [-0.1, -0.05) is 41.9 Å². The molecule has 1 N–H and O–H groups in total. The zero-order valence-corrected chi connectivity index (χ0v) is 24.4. The molecule has 1 fully saturated rings. The van der Waals surface area contributed by atoms with Crippen LogP contribution in [0.1, 0.15) is 22.8 Å². The van der Waals surface area contributed by atoms with Crippen molar-refractivity contribution in [3.63, 3.8) is 0 Å². The van der Waals surface area contributed by atoms with Gasteiger partial charge in [-0.25, -0.2) is 9.78 Å². The number of hydrogen-bond donors (Lipinski definition) is 1. The minimum Gasteiger partial charge on any atom is -0.462 e. The van der Waals surface area contributed by atoms with Gasteiger partial charge in [-0.05, 0) is 71.4 Å². The van der Waals surface area contributed by atoms with E-state index in [1.807, 2.05) is 12.1 Å². The van der Waals surface area contributed by atoms with Gasteiger partial charge in [-0.15, -0.1) is 0 Å². The maximum atomic E-state index is 14.4. The minimum atomic E-state index is -0.857. The largest absolute Gasteiger partial charge is 0.462 e. The highest BCUT2D eigenvalue weighted by Crippen LogP contribution is 2.38. The number of rotatable bonds is 8. The molecule has 1 aliphatic rings. The molecule has 218 valence electrons. The molecule has 14 heteroatoms. The Morgan fingerprint density at radius 1 is 1.12 bits per heavy atom. The van der Waals surface area contributed by atoms with Gasteiger partial charge in [-0.2, -0.15) is 9.37 Å². The maximum absolute atomic E-state index is 14.4. The Morgan fingerprint density at radius 2 is 1.91 bits per heavy atom. The number of ether oxygens (including phenoxy) is 2.